The average molecular weight is 276 g/mol. The van der Waals surface area contributed by atoms with Gasteiger partial charge in [0.15, 0.2) is 0 Å². The van der Waals surface area contributed by atoms with E-state index in [0.717, 1.165) is 25.7 Å². The Kier molecular flexibility index (Phi) is 4.74. The van der Waals surface area contributed by atoms with Gasteiger partial charge in [-0.2, -0.15) is 0 Å². The third kappa shape index (κ3) is 3.36. The summed E-state index contributed by atoms with van der Waals surface area (Å²) in [6.45, 7) is 0. The van der Waals surface area contributed by atoms with Crippen molar-refractivity contribution in [3.63, 3.8) is 0 Å². The van der Waals surface area contributed by atoms with Crippen molar-refractivity contribution in [2.24, 2.45) is 11.7 Å². The van der Waals surface area contributed by atoms with Crippen molar-refractivity contribution in [2.75, 3.05) is 12.4 Å². The van der Waals surface area contributed by atoms with Gasteiger partial charge in [0, 0.05) is 11.7 Å². The van der Waals surface area contributed by atoms with Gasteiger partial charge in [0.05, 0.1) is 18.6 Å². The van der Waals surface area contributed by atoms with Gasteiger partial charge in [-0.15, -0.1) is 0 Å². The monoisotopic (exact) mass is 276 g/mol. The third-order valence-electron chi connectivity index (χ3n) is 3.71. The van der Waals surface area contributed by atoms with Gasteiger partial charge in [0.25, 0.3) is 0 Å². The van der Waals surface area contributed by atoms with E-state index in [-0.39, 0.29) is 17.9 Å². The number of rotatable bonds is 3. The minimum absolute atomic E-state index is 0.0702. The summed E-state index contributed by atoms with van der Waals surface area (Å²) in [6, 6.07) is 6.64. The lowest BCUT2D eigenvalue weighted by atomic mass is 9.84. The number of carbonyl (C=O) groups is 2. The van der Waals surface area contributed by atoms with Crippen molar-refractivity contribution in [1.82, 2.24) is 0 Å². The lowest BCUT2D eigenvalue weighted by Gasteiger charge is -2.27. The maximum atomic E-state index is 12.2. The third-order valence-corrected chi connectivity index (χ3v) is 3.71. The molecule has 0 aliphatic heterocycles. The molecule has 1 aliphatic carbocycles. The van der Waals surface area contributed by atoms with Gasteiger partial charge in [0.2, 0.25) is 5.91 Å². The highest BCUT2D eigenvalue weighted by Gasteiger charge is 2.28. The molecule has 5 nitrogen and oxygen atoms in total. The van der Waals surface area contributed by atoms with Gasteiger partial charge in [-0.1, -0.05) is 18.9 Å². The van der Waals surface area contributed by atoms with Crippen LogP contribution in [0.15, 0.2) is 24.3 Å². The number of nitrogens with two attached hydrogens (primary N) is 1. The van der Waals surface area contributed by atoms with Gasteiger partial charge in [-0.05, 0) is 31.0 Å². The molecular weight excluding hydrogens is 256 g/mol. The highest BCUT2D eigenvalue weighted by atomic mass is 16.5. The van der Waals surface area contributed by atoms with Gasteiger partial charge >= 0.3 is 5.97 Å². The Morgan fingerprint density at radius 1 is 1.30 bits per heavy atom. The Bertz CT molecular complexity index is 502. The quantitative estimate of drug-likeness (QED) is 0.826. The average Bonchev–Trinajstić information content (AvgIpc) is 2.47. The van der Waals surface area contributed by atoms with Crippen LogP contribution < -0.4 is 11.1 Å². The number of hydrogen-bond donors (Lipinski definition) is 2. The molecule has 5 heteroatoms. The van der Waals surface area contributed by atoms with E-state index < -0.39 is 5.97 Å². The summed E-state index contributed by atoms with van der Waals surface area (Å²) in [5.41, 5.74) is 7.01. The summed E-state index contributed by atoms with van der Waals surface area (Å²) in [4.78, 5) is 23.7. The molecule has 3 N–H and O–H groups in total. The van der Waals surface area contributed by atoms with Crippen LogP contribution in [0, 0.1) is 5.92 Å². The summed E-state index contributed by atoms with van der Waals surface area (Å²) in [5.74, 6) is -0.639. The van der Waals surface area contributed by atoms with E-state index in [2.05, 4.69) is 10.1 Å². The van der Waals surface area contributed by atoms with Gasteiger partial charge in [-0.25, -0.2) is 4.79 Å². The van der Waals surface area contributed by atoms with Crippen molar-refractivity contribution in [3.8, 4) is 0 Å². The first-order valence-corrected chi connectivity index (χ1v) is 6.86. The molecule has 108 valence electrons. The summed E-state index contributed by atoms with van der Waals surface area (Å²) in [7, 11) is 1.33. The maximum Gasteiger partial charge on any atom is 0.337 e. The van der Waals surface area contributed by atoms with E-state index in [9.17, 15) is 9.59 Å². The highest BCUT2D eigenvalue weighted by molar-refractivity contribution is 5.95. The molecule has 1 amide bonds. The van der Waals surface area contributed by atoms with Crippen LogP contribution in [0.1, 0.15) is 36.0 Å². The Labute approximate surface area is 118 Å². The zero-order valence-electron chi connectivity index (χ0n) is 11.6. The molecule has 2 unspecified atom stereocenters. The molecule has 0 heterocycles. The minimum atomic E-state index is -0.421. The zero-order chi connectivity index (χ0) is 14.5. The van der Waals surface area contributed by atoms with E-state index in [1.165, 1.54) is 7.11 Å². The molecule has 0 aromatic heterocycles. The van der Waals surface area contributed by atoms with Crippen molar-refractivity contribution in [3.05, 3.63) is 29.8 Å². The van der Waals surface area contributed by atoms with Crippen LogP contribution in [0.25, 0.3) is 0 Å². The van der Waals surface area contributed by atoms with Crippen molar-refractivity contribution >= 4 is 17.6 Å². The molecule has 2 rings (SSSR count). The number of amides is 1. The van der Waals surface area contributed by atoms with Gasteiger partial charge in [0.1, 0.15) is 0 Å². The van der Waals surface area contributed by atoms with E-state index in [1.54, 1.807) is 24.3 Å². The predicted octanol–water partition coefficient (Wildman–Crippen LogP) is 1.93. The van der Waals surface area contributed by atoms with Gasteiger partial charge in [-0.3, -0.25) is 4.79 Å². The van der Waals surface area contributed by atoms with Crippen molar-refractivity contribution in [1.29, 1.82) is 0 Å². The number of anilines is 1. The summed E-state index contributed by atoms with van der Waals surface area (Å²) >= 11 is 0. The maximum absolute atomic E-state index is 12.2. The molecule has 1 aromatic rings. The molecule has 2 atom stereocenters. The number of esters is 1. The fourth-order valence-corrected chi connectivity index (χ4v) is 2.56. The highest BCUT2D eigenvalue weighted by Crippen LogP contribution is 2.24. The van der Waals surface area contributed by atoms with E-state index in [1.807, 2.05) is 0 Å². The molecule has 1 aromatic carbocycles. The molecule has 0 spiro atoms. The van der Waals surface area contributed by atoms with Crippen LogP contribution in [0.3, 0.4) is 0 Å². The molecule has 20 heavy (non-hydrogen) atoms. The zero-order valence-corrected chi connectivity index (χ0v) is 11.6. The Hall–Kier alpha value is -1.88. The lowest BCUT2D eigenvalue weighted by molar-refractivity contribution is -0.121. The summed E-state index contributed by atoms with van der Waals surface area (Å²) in [6.07, 6.45) is 3.83. The van der Waals surface area contributed by atoms with Crippen molar-refractivity contribution < 1.29 is 14.3 Å². The molecule has 1 saturated carbocycles. The van der Waals surface area contributed by atoms with Crippen molar-refractivity contribution in [2.45, 2.75) is 31.7 Å². The van der Waals surface area contributed by atoms with Crippen LogP contribution in [0.2, 0.25) is 0 Å². The first-order chi connectivity index (χ1) is 9.61. The van der Waals surface area contributed by atoms with E-state index in [4.69, 9.17) is 5.73 Å². The van der Waals surface area contributed by atoms with Crippen LogP contribution in [0.5, 0.6) is 0 Å². The predicted molar refractivity (Wildman–Crippen MR) is 76.3 cm³/mol. The second-order valence-electron chi connectivity index (χ2n) is 5.12. The number of carbonyl (C=O) groups excluding carboxylic acids is 2. The number of benzene rings is 1. The number of ether oxygens (including phenoxy) is 1. The number of hydrogen-bond acceptors (Lipinski definition) is 4. The van der Waals surface area contributed by atoms with Crippen LogP contribution in [-0.2, 0) is 9.53 Å². The fourth-order valence-electron chi connectivity index (χ4n) is 2.56. The van der Waals surface area contributed by atoms with Gasteiger partial charge < -0.3 is 15.8 Å². The SMILES string of the molecule is COC(=O)c1cccc(NC(=O)C2CCCCC2N)c1. The largest absolute Gasteiger partial charge is 0.465 e. The number of methoxy groups -OCH3 is 1. The summed E-state index contributed by atoms with van der Waals surface area (Å²) < 4.78 is 4.66. The fraction of sp³-hybridized carbons (Fsp3) is 0.467. The molecule has 0 radical (unpaired) electrons. The first-order valence-electron chi connectivity index (χ1n) is 6.86. The van der Waals surface area contributed by atoms with Crippen LogP contribution >= 0.6 is 0 Å². The standard InChI is InChI=1S/C15H20N2O3/c1-20-15(19)10-5-4-6-11(9-10)17-14(18)12-7-2-3-8-13(12)16/h4-6,9,12-13H,2-3,7-8,16H2,1H3,(H,17,18). The number of nitrogens with one attached hydrogen (secondary N) is 1. The van der Waals surface area contributed by atoms with E-state index >= 15 is 0 Å². The minimum Gasteiger partial charge on any atom is -0.465 e. The molecule has 0 saturated heterocycles. The normalized spacial score (nSPS) is 22.1. The van der Waals surface area contributed by atoms with Crippen LogP contribution in [0.4, 0.5) is 5.69 Å². The second kappa shape index (κ2) is 6.52. The van der Waals surface area contributed by atoms with E-state index in [0.29, 0.717) is 11.3 Å². The Balaban J connectivity index is 2.05. The molecular formula is C15H20N2O3. The smallest absolute Gasteiger partial charge is 0.337 e. The first kappa shape index (κ1) is 14.5. The Morgan fingerprint density at radius 3 is 2.75 bits per heavy atom. The lowest BCUT2D eigenvalue weighted by Crippen LogP contribution is -2.40. The molecule has 1 aliphatic rings. The Morgan fingerprint density at radius 2 is 2.05 bits per heavy atom. The molecule has 0 bridgehead atoms. The topological polar surface area (TPSA) is 81.4 Å². The summed E-state index contributed by atoms with van der Waals surface area (Å²) in [5, 5.41) is 2.83. The molecule has 1 fully saturated rings. The second-order valence-corrected chi connectivity index (χ2v) is 5.12. The van der Waals surface area contributed by atoms with Crippen LogP contribution in [-0.4, -0.2) is 25.0 Å².